The largest absolute Gasteiger partial charge is 0.393 e. The van der Waals surface area contributed by atoms with Gasteiger partial charge in [0.15, 0.2) is 0 Å². The van der Waals surface area contributed by atoms with Crippen molar-refractivity contribution >= 4 is 5.91 Å². The standard InChI is InChI=1S/C12H21NO3/c14-11-3-1-2-10(11)6-13-12(15)8-16-7-9-4-5-9/h9-11,14H,1-8H2,(H,13,15). The van der Waals surface area contributed by atoms with Gasteiger partial charge in [0, 0.05) is 12.5 Å². The predicted octanol–water partition coefficient (Wildman–Crippen LogP) is 0.690. The maximum atomic E-state index is 11.4. The summed E-state index contributed by atoms with van der Waals surface area (Å²) < 4.78 is 5.29. The van der Waals surface area contributed by atoms with Crippen LogP contribution < -0.4 is 5.32 Å². The zero-order valence-electron chi connectivity index (χ0n) is 9.65. The third-order valence-corrected chi connectivity index (χ3v) is 3.46. The van der Waals surface area contributed by atoms with E-state index in [1.807, 2.05) is 0 Å². The van der Waals surface area contributed by atoms with Crippen LogP contribution in [-0.2, 0) is 9.53 Å². The van der Waals surface area contributed by atoms with Gasteiger partial charge in [-0.1, -0.05) is 6.42 Å². The molecule has 4 nitrogen and oxygen atoms in total. The molecule has 0 aromatic carbocycles. The molecule has 2 unspecified atom stereocenters. The first-order chi connectivity index (χ1) is 7.75. The van der Waals surface area contributed by atoms with Crippen LogP contribution in [0.2, 0.25) is 0 Å². The van der Waals surface area contributed by atoms with E-state index in [1.54, 1.807) is 0 Å². The smallest absolute Gasteiger partial charge is 0.246 e. The highest BCUT2D eigenvalue weighted by molar-refractivity contribution is 5.77. The van der Waals surface area contributed by atoms with Crippen molar-refractivity contribution in [2.45, 2.75) is 38.2 Å². The lowest BCUT2D eigenvalue weighted by Gasteiger charge is -2.14. The van der Waals surface area contributed by atoms with Gasteiger partial charge in [0.25, 0.3) is 0 Å². The fourth-order valence-electron chi connectivity index (χ4n) is 2.15. The Kier molecular flexibility index (Phi) is 4.18. The van der Waals surface area contributed by atoms with Crippen LogP contribution in [-0.4, -0.2) is 36.9 Å². The number of hydrogen-bond acceptors (Lipinski definition) is 3. The second-order valence-electron chi connectivity index (χ2n) is 5.02. The van der Waals surface area contributed by atoms with E-state index >= 15 is 0 Å². The highest BCUT2D eigenvalue weighted by Gasteiger charge is 2.25. The van der Waals surface area contributed by atoms with Crippen LogP contribution in [0.1, 0.15) is 32.1 Å². The fraction of sp³-hybridized carbons (Fsp3) is 0.917. The first kappa shape index (κ1) is 11.9. The molecule has 2 atom stereocenters. The van der Waals surface area contributed by atoms with Crippen LogP contribution in [0.5, 0.6) is 0 Å². The zero-order chi connectivity index (χ0) is 11.4. The second kappa shape index (κ2) is 5.64. The number of aliphatic hydroxyl groups is 1. The molecule has 2 fully saturated rings. The van der Waals surface area contributed by atoms with Gasteiger partial charge in [0.2, 0.25) is 5.91 Å². The van der Waals surface area contributed by atoms with Gasteiger partial charge in [-0.3, -0.25) is 4.79 Å². The van der Waals surface area contributed by atoms with Gasteiger partial charge in [-0.25, -0.2) is 0 Å². The number of amides is 1. The molecule has 0 aromatic heterocycles. The Morgan fingerprint density at radius 2 is 2.12 bits per heavy atom. The Bertz CT molecular complexity index is 240. The number of rotatable bonds is 6. The maximum absolute atomic E-state index is 11.4. The molecule has 2 N–H and O–H groups in total. The van der Waals surface area contributed by atoms with E-state index in [4.69, 9.17) is 4.74 Å². The van der Waals surface area contributed by atoms with Gasteiger partial charge in [-0.05, 0) is 31.6 Å². The molecule has 4 heteroatoms. The monoisotopic (exact) mass is 227 g/mol. The van der Waals surface area contributed by atoms with Crippen molar-refractivity contribution in [2.75, 3.05) is 19.8 Å². The van der Waals surface area contributed by atoms with E-state index in [0.29, 0.717) is 12.5 Å². The molecular formula is C12H21NO3. The normalized spacial score (nSPS) is 29.3. The summed E-state index contributed by atoms with van der Waals surface area (Å²) in [6.07, 6.45) is 5.22. The number of carbonyl (C=O) groups is 1. The van der Waals surface area contributed by atoms with E-state index in [-0.39, 0.29) is 24.5 Å². The zero-order valence-corrected chi connectivity index (χ0v) is 9.65. The molecule has 0 saturated heterocycles. The summed E-state index contributed by atoms with van der Waals surface area (Å²) in [5.74, 6) is 0.886. The van der Waals surface area contributed by atoms with Gasteiger partial charge >= 0.3 is 0 Å². The molecule has 2 aliphatic carbocycles. The van der Waals surface area contributed by atoms with Crippen LogP contribution in [0.3, 0.4) is 0 Å². The number of ether oxygens (including phenoxy) is 1. The van der Waals surface area contributed by atoms with Crippen molar-refractivity contribution in [3.05, 3.63) is 0 Å². The fourth-order valence-corrected chi connectivity index (χ4v) is 2.15. The quantitative estimate of drug-likeness (QED) is 0.702. The first-order valence-corrected chi connectivity index (χ1v) is 6.28. The summed E-state index contributed by atoms with van der Waals surface area (Å²) in [7, 11) is 0. The third-order valence-electron chi connectivity index (χ3n) is 3.46. The Balaban J connectivity index is 1.52. The van der Waals surface area contributed by atoms with Crippen LogP contribution in [0.4, 0.5) is 0 Å². The minimum atomic E-state index is -0.229. The molecular weight excluding hydrogens is 206 g/mol. The molecule has 2 aliphatic rings. The van der Waals surface area contributed by atoms with E-state index < -0.39 is 0 Å². The van der Waals surface area contributed by atoms with E-state index in [1.165, 1.54) is 12.8 Å². The Labute approximate surface area is 96.4 Å². The van der Waals surface area contributed by atoms with Gasteiger partial charge in [-0.15, -0.1) is 0 Å². The van der Waals surface area contributed by atoms with Gasteiger partial charge in [0.1, 0.15) is 6.61 Å². The lowest BCUT2D eigenvalue weighted by Crippen LogP contribution is -2.34. The van der Waals surface area contributed by atoms with Gasteiger partial charge in [-0.2, -0.15) is 0 Å². The summed E-state index contributed by atoms with van der Waals surface area (Å²) in [5.41, 5.74) is 0. The molecule has 2 saturated carbocycles. The van der Waals surface area contributed by atoms with Crippen LogP contribution in [0, 0.1) is 11.8 Å². The molecule has 0 radical (unpaired) electrons. The minimum absolute atomic E-state index is 0.0558. The van der Waals surface area contributed by atoms with Crippen molar-refractivity contribution < 1.29 is 14.6 Å². The highest BCUT2D eigenvalue weighted by Crippen LogP contribution is 2.28. The summed E-state index contributed by atoms with van der Waals surface area (Å²) in [5, 5.41) is 12.4. The van der Waals surface area contributed by atoms with Crippen molar-refractivity contribution in [1.82, 2.24) is 5.32 Å². The molecule has 0 aromatic rings. The van der Waals surface area contributed by atoms with Crippen LogP contribution >= 0.6 is 0 Å². The van der Waals surface area contributed by atoms with E-state index in [0.717, 1.165) is 25.9 Å². The van der Waals surface area contributed by atoms with Crippen LogP contribution in [0.25, 0.3) is 0 Å². The minimum Gasteiger partial charge on any atom is -0.393 e. The summed E-state index contributed by atoms with van der Waals surface area (Å²) in [6.45, 7) is 1.48. The van der Waals surface area contributed by atoms with Gasteiger partial charge in [0.05, 0.1) is 12.7 Å². The maximum Gasteiger partial charge on any atom is 0.246 e. The van der Waals surface area contributed by atoms with Crippen molar-refractivity contribution in [3.8, 4) is 0 Å². The number of aliphatic hydroxyl groups excluding tert-OH is 1. The number of carbonyl (C=O) groups excluding carboxylic acids is 1. The molecule has 16 heavy (non-hydrogen) atoms. The highest BCUT2D eigenvalue weighted by atomic mass is 16.5. The Morgan fingerprint density at radius 1 is 1.31 bits per heavy atom. The molecule has 0 heterocycles. The molecule has 0 spiro atoms. The molecule has 1 amide bonds. The van der Waals surface area contributed by atoms with Crippen molar-refractivity contribution in [2.24, 2.45) is 11.8 Å². The molecule has 92 valence electrons. The summed E-state index contributed by atoms with van der Waals surface area (Å²) in [6, 6.07) is 0. The summed E-state index contributed by atoms with van der Waals surface area (Å²) in [4.78, 5) is 11.4. The average molecular weight is 227 g/mol. The number of nitrogens with one attached hydrogen (secondary N) is 1. The Morgan fingerprint density at radius 3 is 2.75 bits per heavy atom. The van der Waals surface area contributed by atoms with E-state index in [2.05, 4.69) is 5.32 Å². The second-order valence-corrected chi connectivity index (χ2v) is 5.02. The first-order valence-electron chi connectivity index (χ1n) is 6.28. The third kappa shape index (κ3) is 3.76. The lowest BCUT2D eigenvalue weighted by molar-refractivity contribution is -0.126. The molecule has 2 rings (SSSR count). The Hall–Kier alpha value is -0.610. The van der Waals surface area contributed by atoms with Crippen molar-refractivity contribution in [1.29, 1.82) is 0 Å². The average Bonchev–Trinajstić information content (AvgIpc) is 2.99. The van der Waals surface area contributed by atoms with E-state index in [9.17, 15) is 9.90 Å². The number of hydrogen-bond donors (Lipinski definition) is 2. The SMILES string of the molecule is O=C(COCC1CC1)NCC1CCCC1O. The predicted molar refractivity (Wildman–Crippen MR) is 59.9 cm³/mol. The van der Waals surface area contributed by atoms with Crippen LogP contribution in [0.15, 0.2) is 0 Å². The van der Waals surface area contributed by atoms with Crippen molar-refractivity contribution in [3.63, 3.8) is 0 Å². The molecule has 0 bridgehead atoms. The van der Waals surface area contributed by atoms with Gasteiger partial charge < -0.3 is 15.2 Å². The molecule has 0 aliphatic heterocycles. The topological polar surface area (TPSA) is 58.6 Å². The summed E-state index contributed by atoms with van der Waals surface area (Å²) >= 11 is 0. The lowest BCUT2D eigenvalue weighted by atomic mass is 10.1.